The van der Waals surface area contributed by atoms with E-state index in [1.807, 2.05) is 13.0 Å². The maximum absolute atomic E-state index is 5.45. The molecule has 1 aliphatic heterocycles. The summed E-state index contributed by atoms with van der Waals surface area (Å²) in [6.07, 6.45) is 3.94. The van der Waals surface area contributed by atoms with Crippen molar-refractivity contribution >= 4 is 5.82 Å². The van der Waals surface area contributed by atoms with E-state index in [-0.39, 0.29) is 0 Å². The zero-order chi connectivity index (χ0) is 14.5. The molecule has 1 fully saturated rings. The van der Waals surface area contributed by atoms with Crippen molar-refractivity contribution in [2.24, 2.45) is 5.92 Å². The quantitative estimate of drug-likeness (QED) is 0.845. The van der Waals surface area contributed by atoms with Gasteiger partial charge < -0.3 is 9.64 Å². The third-order valence-electron chi connectivity index (χ3n) is 3.90. The second kappa shape index (κ2) is 6.57. The van der Waals surface area contributed by atoms with Crippen molar-refractivity contribution in [1.29, 1.82) is 0 Å². The Morgan fingerprint density at radius 1 is 1.24 bits per heavy atom. The minimum atomic E-state index is 0.632. The number of aromatic nitrogens is 2. The summed E-state index contributed by atoms with van der Waals surface area (Å²) >= 11 is 0. The molecule has 1 saturated heterocycles. The van der Waals surface area contributed by atoms with Crippen LogP contribution >= 0.6 is 0 Å². The molecule has 1 unspecified atom stereocenters. The van der Waals surface area contributed by atoms with Gasteiger partial charge in [0.25, 0.3) is 0 Å². The second-order valence-corrected chi connectivity index (χ2v) is 5.44. The smallest absolute Gasteiger partial charge is 0.218 e. The SMILES string of the molecule is CCOc1cc(N2CCC(Cc3ccccc3)C2)ncn1. The van der Waals surface area contributed by atoms with E-state index in [1.165, 1.54) is 12.0 Å². The van der Waals surface area contributed by atoms with Crippen LogP contribution < -0.4 is 9.64 Å². The highest BCUT2D eigenvalue weighted by Gasteiger charge is 2.24. The van der Waals surface area contributed by atoms with Gasteiger partial charge in [0, 0.05) is 19.2 Å². The van der Waals surface area contributed by atoms with Gasteiger partial charge in [-0.3, -0.25) is 0 Å². The van der Waals surface area contributed by atoms with Gasteiger partial charge in [-0.15, -0.1) is 0 Å². The number of rotatable bonds is 5. The number of hydrogen-bond acceptors (Lipinski definition) is 4. The zero-order valence-corrected chi connectivity index (χ0v) is 12.4. The lowest BCUT2D eigenvalue weighted by Gasteiger charge is -2.17. The van der Waals surface area contributed by atoms with Crippen LogP contribution in [0.3, 0.4) is 0 Å². The average molecular weight is 283 g/mol. The van der Waals surface area contributed by atoms with Crippen molar-refractivity contribution in [2.75, 3.05) is 24.6 Å². The number of benzene rings is 1. The van der Waals surface area contributed by atoms with Gasteiger partial charge in [-0.1, -0.05) is 30.3 Å². The molecule has 3 rings (SSSR count). The molecule has 0 radical (unpaired) electrons. The number of ether oxygens (including phenoxy) is 1. The summed E-state index contributed by atoms with van der Waals surface area (Å²) in [5, 5.41) is 0. The molecular formula is C17H21N3O. The van der Waals surface area contributed by atoms with Crippen LogP contribution in [0.2, 0.25) is 0 Å². The van der Waals surface area contributed by atoms with Crippen molar-refractivity contribution in [2.45, 2.75) is 19.8 Å². The van der Waals surface area contributed by atoms with E-state index in [1.54, 1.807) is 6.33 Å². The molecule has 1 aromatic carbocycles. The van der Waals surface area contributed by atoms with Crippen LogP contribution in [-0.2, 0) is 6.42 Å². The van der Waals surface area contributed by atoms with Crippen molar-refractivity contribution in [3.63, 3.8) is 0 Å². The first-order chi connectivity index (χ1) is 10.3. The predicted octanol–water partition coefficient (Wildman–Crippen LogP) is 2.94. The van der Waals surface area contributed by atoms with E-state index in [0.29, 0.717) is 18.4 Å². The molecule has 110 valence electrons. The molecule has 0 saturated carbocycles. The number of hydrogen-bond donors (Lipinski definition) is 0. The molecule has 0 N–H and O–H groups in total. The Morgan fingerprint density at radius 3 is 2.90 bits per heavy atom. The fraction of sp³-hybridized carbons (Fsp3) is 0.412. The largest absolute Gasteiger partial charge is 0.478 e. The Hall–Kier alpha value is -2.10. The van der Waals surface area contributed by atoms with E-state index in [4.69, 9.17) is 4.74 Å². The van der Waals surface area contributed by atoms with Crippen molar-refractivity contribution in [3.05, 3.63) is 48.3 Å². The van der Waals surface area contributed by atoms with Crippen LogP contribution in [0.25, 0.3) is 0 Å². The molecule has 0 amide bonds. The molecular weight excluding hydrogens is 262 g/mol. The third kappa shape index (κ3) is 3.51. The third-order valence-corrected chi connectivity index (χ3v) is 3.90. The summed E-state index contributed by atoms with van der Waals surface area (Å²) in [6, 6.07) is 12.7. The van der Waals surface area contributed by atoms with E-state index in [0.717, 1.165) is 25.3 Å². The first-order valence-electron chi connectivity index (χ1n) is 7.59. The van der Waals surface area contributed by atoms with Gasteiger partial charge in [0.1, 0.15) is 12.1 Å². The molecule has 21 heavy (non-hydrogen) atoms. The van der Waals surface area contributed by atoms with Crippen LogP contribution in [0.1, 0.15) is 18.9 Å². The lowest BCUT2D eigenvalue weighted by Crippen LogP contribution is -2.21. The van der Waals surface area contributed by atoms with E-state index >= 15 is 0 Å². The normalized spacial score (nSPS) is 18.0. The fourth-order valence-electron chi connectivity index (χ4n) is 2.88. The average Bonchev–Trinajstić information content (AvgIpc) is 2.97. The molecule has 1 aromatic heterocycles. The number of anilines is 1. The Bertz CT molecular complexity index is 573. The minimum Gasteiger partial charge on any atom is -0.478 e. The molecule has 1 atom stereocenters. The summed E-state index contributed by atoms with van der Waals surface area (Å²) in [5.74, 6) is 2.33. The summed E-state index contributed by atoms with van der Waals surface area (Å²) in [7, 11) is 0. The monoisotopic (exact) mass is 283 g/mol. The van der Waals surface area contributed by atoms with Crippen LogP contribution in [0.5, 0.6) is 5.88 Å². The highest BCUT2D eigenvalue weighted by atomic mass is 16.5. The molecule has 4 heteroatoms. The van der Waals surface area contributed by atoms with Crippen LogP contribution in [0, 0.1) is 5.92 Å². The van der Waals surface area contributed by atoms with Crippen molar-refractivity contribution < 1.29 is 4.74 Å². The summed E-state index contributed by atoms with van der Waals surface area (Å²) in [5.41, 5.74) is 1.42. The molecule has 0 spiro atoms. The Morgan fingerprint density at radius 2 is 2.10 bits per heavy atom. The van der Waals surface area contributed by atoms with Crippen molar-refractivity contribution in [1.82, 2.24) is 9.97 Å². The molecule has 0 aliphatic carbocycles. The predicted molar refractivity (Wildman–Crippen MR) is 83.7 cm³/mol. The number of nitrogens with zero attached hydrogens (tertiary/aromatic N) is 3. The fourth-order valence-corrected chi connectivity index (χ4v) is 2.88. The van der Waals surface area contributed by atoms with Gasteiger partial charge in [0.05, 0.1) is 6.61 Å². The summed E-state index contributed by atoms with van der Waals surface area (Å²) in [6.45, 7) is 4.71. The van der Waals surface area contributed by atoms with Crippen LogP contribution in [0.15, 0.2) is 42.7 Å². The van der Waals surface area contributed by atoms with Crippen LogP contribution in [0.4, 0.5) is 5.82 Å². The maximum atomic E-state index is 5.45. The van der Waals surface area contributed by atoms with Gasteiger partial charge in [-0.2, -0.15) is 0 Å². The molecule has 1 aliphatic rings. The summed E-state index contributed by atoms with van der Waals surface area (Å²) in [4.78, 5) is 10.8. The standard InChI is InChI=1S/C17H21N3O/c1-2-21-17-11-16(18-13-19-17)20-9-8-15(12-20)10-14-6-4-3-5-7-14/h3-7,11,13,15H,2,8-10,12H2,1H3. The summed E-state index contributed by atoms with van der Waals surface area (Å²) < 4.78 is 5.45. The van der Waals surface area contributed by atoms with Gasteiger partial charge in [0.2, 0.25) is 5.88 Å². The minimum absolute atomic E-state index is 0.632. The van der Waals surface area contributed by atoms with Crippen molar-refractivity contribution in [3.8, 4) is 5.88 Å². The topological polar surface area (TPSA) is 38.2 Å². The van der Waals surface area contributed by atoms with Gasteiger partial charge in [-0.25, -0.2) is 9.97 Å². The van der Waals surface area contributed by atoms with E-state index in [9.17, 15) is 0 Å². The Labute approximate surface area is 125 Å². The first-order valence-corrected chi connectivity index (χ1v) is 7.59. The van der Waals surface area contributed by atoms with Gasteiger partial charge in [-0.05, 0) is 31.2 Å². The Balaban J connectivity index is 1.63. The molecule has 2 heterocycles. The lowest BCUT2D eigenvalue weighted by molar-refractivity contribution is 0.326. The zero-order valence-electron chi connectivity index (χ0n) is 12.4. The Kier molecular flexibility index (Phi) is 4.34. The maximum Gasteiger partial charge on any atom is 0.218 e. The highest BCUT2D eigenvalue weighted by molar-refractivity contribution is 5.42. The lowest BCUT2D eigenvalue weighted by atomic mass is 9.99. The second-order valence-electron chi connectivity index (χ2n) is 5.44. The highest BCUT2D eigenvalue weighted by Crippen LogP contribution is 2.26. The van der Waals surface area contributed by atoms with Gasteiger partial charge >= 0.3 is 0 Å². The first kappa shape index (κ1) is 13.9. The van der Waals surface area contributed by atoms with Crippen LogP contribution in [-0.4, -0.2) is 29.7 Å². The van der Waals surface area contributed by atoms with Gasteiger partial charge in [0.15, 0.2) is 0 Å². The van der Waals surface area contributed by atoms with E-state index in [2.05, 4.69) is 45.2 Å². The van der Waals surface area contributed by atoms with E-state index < -0.39 is 0 Å². The molecule has 0 bridgehead atoms. The molecule has 4 nitrogen and oxygen atoms in total. The molecule has 2 aromatic rings.